The maximum Gasteiger partial charge on any atom is 0.303 e. The lowest BCUT2D eigenvalue weighted by molar-refractivity contribution is -0.929. The number of hydrogen-bond acceptors (Lipinski definition) is 3. The van der Waals surface area contributed by atoms with Gasteiger partial charge in [0.25, 0.3) is 0 Å². The summed E-state index contributed by atoms with van der Waals surface area (Å²) in [4.78, 5) is 32.9. The van der Waals surface area contributed by atoms with Crippen LogP contribution in [0.5, 0.6) is 0 Å². The fourth-order valence-electron chi connectivity index (χ4n) is 5.36. The topological polar surface area (TPSA) is 112 Å². The van der Waals surface area contributed by atoms with E-state index in [1.54, 1.807) is 0 Å². The maximum absolute atomic E-state index is 11.0. The molecule has 0 spiro atoms. The lowest BCUT2D eigenvalue weighted by Crippen LogP contribution is -2.51. The average molecular weight is 555 g/mol. The average Bonchev–Trinajstić information content (AvgIpc) is 2.89. The minimum absolute atomic E-state index is 0.174. The van der Waals surface area contributed by atoms with E-state index in [4.69, 9.17) is 15.3 Å². The molecule has 0 atom stereocenters. The molecule has 0 aromatic heterocycles. The highest BCUT2D eigenvalue weighted by Crippen LogP contribution is 2.19. The van der Waals surface area contributed by atoms with Crippen molar-refractivity contribution in [2.45, 2.75) is 148 Å². The van der Waals surface area contributed by atoms with Gasteiger partial charge < -0.3 is 19.8 Å². The number of carboxylic acids is 3. The monoisotopic (exact) mass is 554 g/mol. The second kappa shape index (κ2) is 26.3. The van der Waals surface area contributed by atoms with Crippen LogP contribution in [0.25, 0.3) is 0 Å². The van der Waals surface area contributed by atoms with Crippen LogP contribution in [0.1, 0.15) is 148 Å². The maximum atomic E-state index is 11.0. The Hall–Kier alpha value is -1.89. The normalized spacial score (nSPS) is 11.8. The first-order chi connectivity index (χ1) is 18.8. The molecule has 3 N–H and O–H groups in total. The van der Waals surface area contributed by atoms with E-state index >= 15 is 0 Å². The predicted molar refractivity (Wildman–Crippen MR) is 159 cm³/mol. The van der Waals surface area contributed by atoms with Crippen LogP contribution in [0.4, 0.5) is 0 Å². The van der Waals surface area contributed by atoms with Crippen molar-refractivity contribution in [3.63, 3.8) is 0 Å². The van der Waals surface area contributed by atoms with Crippen LogP contribution in [0.2, 0.25) is 0 Å². The summed E-state index contributed by atoms with van der Waals surface area (Å²) < 4.78 is 0.866. The van der Waals surface area contributed by atoms with Gasteiger partial charge in [-0.05, 0) is 77.0 Å². The number of hydrogen-bond donors (Lipinski definition) is 3. The van der Waals surface area contributed by atoms with Gasteiger partial charge in [0.15, 0.2) is 0 Å². The first kappa shape index (κ1) is 37.1. The number of allylic oxidation sites excluding steroid dienone is 2. The van der Waals surface area contributed by atoms with Gasteiger partial charge in [-0.1, -0.05) is 64.0 Å². The standard InChI is InChI=1S/C32H59NO6/c1-2-3-4-5-6-7-8-9-10-11-12-13-14-15-19-26-33(27-20-16-23-30(34)35,28-21-17-24-31(36)37)29-22-18-25-32(38)39/h6-7H,2-5,8-29H2,1H3,(H2-,34,35,36,37,38,39)/p+1/b7-6+. The molecular weight excluding hydrogens is 494 g/mol. The Morgan fingerprint density at radius 1 is 0.462 bits per heavy atom. The third kappa shape index (κ3) is 26.1. The zero-order chi connectivity index (χ0) is 29.0. The quantitative estimate of drug-likeness (QED) is 0.0468. The molecule has 0 bridgehead atoms. The second-order valence-corrected chi connectivity index (χ2v) is 11.4. The molecule has 228 valence electrons. The minimum atomic E-state index is -0.769. The molecule has 0 aliphatic carbocycles. The molecule has 7 heteroatoms. The highest BCUT2D eigenvalue weighted by molar-refractivity contribution is 5.67. The Balaban J connectivity index is 4.50. The summed E-state index contributed by atoms with van der Waals surface area (Å²) in [6.45, 7) is 5.92. The molecule has 0 amide bonds. The Morgan fingerprint density at radius 2 is 0.769 bits per heavy atom. The number of rotatable bonds is 30. The molecule has 0 saturated carbocycles. The summed E-state index contributed by atoms with van der Waals surface area (Å²) in [7, 11) is 0. The van der Waals surface area contributed by atoms with Crippen LogP contribution in [0, 0.1) is 0 Å². The highest BCUT2D eigenvalue weighted by Gasteiger charge is 2.26. The molecule has 0 radical (unpaired) electrons. The molecule has 0 saturated heterocycles. The van der Waals surface area contributed by atoms with Crippen LogP contribution in [-0.2, 0) is 14.4 Å². The van der Waals surface area contributed by atoms with Crippen LogP contribution in [0.15, 0.2) is 12.2 Å². The molecule has 0 aromatic carbocycles. The number of nitrogens with zero attached hydrogens (tertiary/aromatic N) is 1. The van der Waals surface area contributed by atoms with E-state index in [1.165, 1.54) is 77.0 Å². The van der Waals surface area contributed by atoms with Crippen molar-refractivity contribution in [2.24, 2.45) is 0 Å². The summed E-state index contributed by atoms with van der Waals surface area (Å²) in [5.41, 5.74) is 0. The first-order valence-corrected chi connectivity index (χ1v) is 16.0. The fraction of sp³-hybridized carbons (Fsp3) is 0.844. The van der Waals surface area contributed by atoms with Gasteiger partial charge in [-0.25, -0.2) is 0 Å². The molecule has 0 unspecified atom stereocenters. The molecule has 0 rings (SSSR count). The van der Waals surface area contributed by atoms with Crippen molar-refractivity contribution in [2.75, 3.05) is 26.2 Å². The van der Waals surface area contributed by atoms with Crippen LogP contribution in [-0.4, -0.2) is 63.9 Å². The lowest BCUT2D eigenvalue weighted by Gasteiger charge is -2.39. The molecule has 39 heavy (non-hydrogen) atoms. The van der Waals surface area contributed by atoms with Crippen molar-refractivity contribution in [1.29, 1.82) is 0 Å². The van der Waals surface area contributed by atoms with Gasteiger partial charge in [-0.3, -0.25) is 14.4 Å². The van der Waals surface area contributed by atoms with Crippen LogP contribution in [0.3, 0.4) is 0 Å². The number of unbranched alkanes of at least 4 members (excludes halogenated alkanes) is 14. The van der Waals surface area contributed by atoms with Gasteiger partial charge in [-0.2, -0.15) is 0 Å². The second-order valence-electron chi connectivity index (χ2n) is 11.4. The van der Waals surface area contributed by atoms with E-state index in [0.717, 1.165) is 56.3 Å². The summed E-state index contributed by atoms with van der Waals surface area (Å²) in [5, 5.41) is 27.1. The Morgan fingerprint density at radius 3 is 1.13 bits per heavy atom. The van der Waals surface area contributed by atoms with E-state index in [-0.39, 0.29) is 19.3 Å². The van der Waals surface area contributed by atoms with E-state index < -0.39 is 17.9 Å². The Kier molecular flexibility index (Phi) is 25.1. The largest absolute Gasteiger partial charge is 0.481 e. The Bertz CT molecular complexity index is 594. The molecule has 0 heterocycles. The van der Waals surface area contributed by atoms with Gasteiger partial charge in [0.05, 0.1) is 26.2 Å². The predicted octanol–water partition coefficient (Wildman–Crippen LogP) is 8.22. The van der Waals surface area contributed by atoms with Gasteiger partial charge in [0.2, 0.25) is 0 Å². The zero-order valence-electron chi connectivity index (χ0n) is 25.1. The Labute approximate surface area is 238 Å². The molecule has 0 aliphatic heterocycles. The highest BCUT2D eigenvalue weighted by atomic mass is 16.4. The number of carboxylic acid groups (broad SMARTS) is 3. The lowest BCUT2D eigenvalue weighted by atomic mass is 10.0. The number of carbonyl (C=O) groups is 3. The first-order valence-electron chi connectivity index (χ1n) is 16.0. The molecule has 0 aromatic rings. The third-order valence-electron chi connectivity index (χ3n) is 7.71. The van der Waals surface area contributed by atoms with Crippen molar-refractivity contribution in [3.8, 4) is 0 Å². The van der Waals surface area contributed by atoms with E-state index in [9.17, 15) is 14.4 Å². The molecule has 0 fully saturated rings. The SMILES string of the molecule is CCCCC/C=C/CCCCCCCCCC[N+](CCCCC(=O)O)(CCCCC(=O)O)CCCCC(=O)O. The number of aliphatic carboxylic acids is 3. The van der Waals surface area contributed by atoms with Gasteiger partial charge in [-0.15, -0.1) is 0 Å². The van der Waals surface area contributed by atoms with E-state index in [2.05, 4.69) is 19.1 Å². The molecule has 0 aliphatic rings. The zero-order valence-corrected chi connectivity index (χ0v) is 25.1. The summed E-state index contributed by atoms with van der Waals surface area (Å²) in [5.74, 6) is -2.31. The van der Waals surface area contributed by atoms with Crippen molar-refractivity contribution in [3.05, 3.63) is 12.2 Å². The van der Waals surface area contributed by atoms with Gasteiger partial charge in [0.1, 0.15) is 0 Å². The van der Waals surface area contributed by atoms with Crippen LogP contribution >= 0.6 is 0 Å². The van der Waals surface area contributed by atoms with E-state index in [0.29, 0.717) is 19.3 Å². The summed E-state index contributed by atoms with van der Waals surface area (Å²) >= 11 is 0. The van der Waals surface area contributed by atoms with Crippen molar-refractivity contribution < 1.29 is 34.2 Å². The van der Waals surface area contributed by atoms with Crippen molar-refractivity contribution in [1.82, 2.24) is 0 Å². The summed E-state index contributed by atoms with van der Waals surface area (Å²) in [6, 6.07) is 0. The molecular formula is C32H60NO6+. The third-order valence-corrected chi connectivity index (χ3v) is 7.71. The number of quaternary nitrogens is 1. The fourth-order valence-corrected chi connectivity index (χ4v) is 5.36. The van der Waals surface area contributed by atoms with E-state index in [1.807, 2.05) is 0 Å². The van der Waals surface area contributed by atoms with Crippen LogP contribution < -0.4 is 0 Å². The van der Waals surface area contributed by atoms with Gasteiger partial charge >= 0.3 is 17.9 Å². The smallest absolute Gasteiger partial charge is 0.303 e. The summed E-state index contributed by atoms with van der Waals surface area (Å²) in [6.07, 6.45) is 26.0. The minimum Gasteiger partial charge on any atom is -0.481 e. The van der Waals surface area contributed by atoms with Gasteiger partial charge in [0, 0.05) is 19.3 Å². The van der Waals surface area contributed by atoms with Crippen molar-refractivity contribution >= 4 is 17.9 Å². The molecule has 7 nitrogen and oxygen atoms in total.